The average Bonchev–Trinajstić information content (AvgIpc) is 3.02. The second-order valence-corrected chi connectivity index (χ2v) is 10.0. The molecule has 0 amide bonds. The fourth-order valence-electron chi connectivity index (χ4n) is 3.80. The molecule has 0 aliphatic carbocycles. The summed E-state index contributed by atoms with van der Waals surface area (Å²) in [6.07, 6.45) is 10.2. The maximum Gasteiger partial charge on any atom is 0.338 e. The van der Waals surface area contributed by atoms with Crippen LogP contribution in [0.1, 0.15) is 47.2 Å². The van der Waals surface area contributed by atoms with Gasteiger partial charge < -0.3 is 9.47 Å². The SMILES string of the molecule is C=C(C)C(=O)Oc1ccc(/C=C/c2ccc(/C=C/c3ccc(/C=C/c4ccc(OC(=O)C(=C)C)cc4)c(F)c3F)cc2)cc1. The molecule has 0 unspecified atom stereocenters. The molecule has 0 aliphatic heterocycles. The van der Waals surface area contributed by atoms with Gasteiger partial charge in [-0.3, -0.25) is 0 Å². The van der Waals surface area contributed by atoms with Gasteiger partial charge in [-0.25, -0.2) is 18.4 Å². The summed E-state index contributed by atoms with van der Waals surface area (Å²) >= 11 is 0. The van der Waals surface area contributed by atoms with Gasteiger partial charge in [-0.2, -0.15) is 0 Å². The Morgan fingerprint density at radius 3 is 1.07 bits per heavy atom. The molecule has 0 atom stereocenters. The topological polar surface area (TPSA) is 52.6 Å². The van der Waals surface area contributed by atoms with Crippen LogP contribution in [0.4, 0.5) is 8.78 Å². The number of benzene rings is 4. The summed E-state index contributed by atoms with van der Waals surface area (Å²) < 4.78 is 40.0. The number of carbonyl (C=O) groups is 2. The van der Waals surface area contributed by atoms with E-state index >= 15 is 0 Å². The second-order valence-electron chi connectivity index (χ2n) is 10.0. The van der Waals surface area contributed by atoms with Crippen LogP contribution in [0.2, 0.25) is 0 Å². The van der Waals surface area contributed by atoms with E-state index in [0.717, 1.165) is 22.3 Å². The molecule has 220 valence electrons. The zero-order chi connectivity index (χ0) is 31.6. The first kappa shape index (κ1) is 31.3. The van der Waals surface area contributed by atoms with E-state index in [1.165, 1.54) is 24.3 Å². The van der Waals surface area contributed by atoms with Crippen molar-refractivity contribution in [3.8, 4) is 11.5 Å². The Morgan fingerprint density at radius 1 is 0.500 bits per heavy atom. The van der Waals surface area contributed by atoms with E-state index < -0.39 is 23.6 Å². The van der Waals surface area contributed by atoms with Gasteiger partial charge in [0.05, 0.1) is 0 Å². The number of rotatable bonds is 10. The van der Waals surface area contributed by atoms with Crippen molar-refractivity contribution in [2.24, 2.45) is 0 Å². The van der Waals surface area contributed by atoms with Crippen LogP contribution in [-0.4, -0.2) is 11.9 Å². The molecule has 0 saturated heterocycles. The number of ether oxygens (including phenoxy) is 2. The fourth-order valence-corrected chi connectivity index (χ4v) is 3.80. The summed E-state index contributed by atoms with van der Waals surface area (Å²) in [5.41, 5.74) is 4.29. The van der Waals surface area contributed by atoms with Gasteiger partial charge in [0, 0.05) is 22.3 Å². The van der Waals surface area contributed by atoms with Crippen molar-refractivity contribution >= 4 is 48.4 Å². The summed E-state index contributed by atoms with van der Waals surface area (Å²) in [6, 6.07) is 24.4. The molecule has 4 rings (SSSR count). The molecule has 0 heterocycles. The van der Waals surface area contributed by atoms with Crippen molar-refractivity contribution in [1.29, 1.82) is 0 Å². The van der Waals surface area contributed by atoms with Gasteiger partial charge in [-0.05, 0) is 60.4 Å². The molecule has 44 heavy (non-hydrogen) atoms. The summed E-state index contributed by atoms with van der Waals surface area (Å²) in [6.45, 7) is 10.3. The van der Waals surface area contributed by atoms with Crippen LogP contribution in [0.25, 0.3) is 36.5 Å². The van der Waals surface area contributed by atoms with Gasteiger partial charge in [0.15, 0.2) is 11.6 Å². The van der Waals surface area contributed by atoms with E-state index in [9.17, 15) is 18.4 Å². The average molecular weight is 589 g/mol. The van der Waals surface area contributed by atoms with Crippen molar-refractivity contribution < 1.29 is 27.8 Å². The first-order valence-electron chi connectivity index (χ1n) is 13.7. The van der Waals surface area contributed by atoms with E-state index in [1.54, 1.807) is 62.4 Å². The zero-order valence-corrected chi connectivity index (χ0v) is 24.4. The van der Waals surface area contributed by atoms with Crippen molar-refractivity contribution in [2.45, 2.75) is 13.8 Å². The molecule has 4 nitrogen and oxygen atoms in total. The van der Waals surface area contributed by atoms with E-state index in [2.05, 4.69) is 13.2 Å². The van der Waals surface area contributed by atoms with Crippen LogP contribution in [0.3, 0.4) is 0 Å². The third-order valence-electron chi connectivity index (χ3n) is 6.34. The van der Waals surface area contributed by atoms with E-state index in [0.29, 0.717) is 17.1 Å². The number of halogens is 2. The lowest BCUT2D eigenvalue weighted by atomic mass is 10.1. The Kier molecular flexibility index (Phi) is 10.3. The molecule has 0 aliphatic rings. The Balaban J connectivity index is 1.36. The minimum Gasteiger partial charge on any atom is -0.423 e. The Morgan fingerprint density at radius 2 is 0.773 bits per heavy atom. The lowest BCUT2D eigenvalue weighted by Gasteiger charge is -2.04. The Bertz CT molecular complexity index is 1780. The van der Waals surface area contributed by atoms with Crippen molar-refractivity contribution in [3.05, 3.63) is 154 Å². The van der Waals surface area contributed by atoms with Gasteiger partial charge in [0.2, 0.25) is 0 Å². The highest BCUT2D eigenvalue weighted by atomic mass is 19.2. The molecular formula is C38H30F2O4. The smallest absolute Gasteiger partial charge is 0.338 e. The Hall–Kier alpha value is -5.62. The number of carbonyl (C=O) groups excluding carboxylic acids is 2. The van der Waals surface area contributed by atoms with Crippen LogP contribution in [-0.2, 0) is 9.59 Å². The highest BCUT2D eigenvalue weighted by Gasteiger charge is 2.10. The first-order valence-corrected chi connectivity index (χ1v) is 13.7. The van der Waals surface area contributed by atoms with E-state index in [-0.39, 0.29) is 16.7 Å². The zero-order valence-electron chi connectivity index (χ0n) is 24.4. The molecule has 0 radical (unpaired) electrons. The highest BCUT2D eigenvalue weighted by molar-refractivity contribution is 5.89. The van der Waals surface area contributed by atoms with E-state index in [4.69, 9.17) is 9.47 Å². The fraction of sp³-hybridized carbons (Fsp3) is 0.0526. The quantitative estimate of drug-likeness (QED) is 0.0802. The van der Waals surface area contributed by atoms with Crippen LogP contribution < -0.4 is 9.47 Å². The molecule has 0 fully saturated rings. The largest absolute Gasteiger partial charge is 0.423 e. The highest BCUT2D eigenvalue weighted by Crippen LogP contribution is 2.22. The van der Waals surface area contributed by atoms with Crippen LogP contribution in [0.15, 0.2) is 109 Å². The molecule has 0 spiro atoms. The molecule has 0 bridgehead atoms. The minimum absolute atomic E-state index is 0.107. The molecule has 4 aromatic carbocycles. The lowest BCUT2D eigenvalue weighted by Crippen LogP contribution is -2.07. The maximum atomic E-state index is 14.8. The normalized spacial score (nSPS) is 11.3. The predicted octanol–water partition coefficient (Wildman–Crippen LogP) is 9.44. The monoisotopic (exact) mass is 588 g/mol. The minimum atomic E-state index is -0.946. The summed E-state index contributed by atoms with van der Waals surface area (Å²) in [7, 11) is 0. The molecule has 0 aromatic heterocycles. The Labute approximate surface area is 255 Å². The maximum absolute atomic E-state index is 14.8. The number of esters is 2. The van der Waals surface area contributed by atoms with Crippen molar-refractivity contribution in [2.75, 3.05) is 0 Å². The number of hydrogen-bond acceptors (Lipinski definition) is 4. The standard InChI is InChI=1S/C38H30F2O4/c1-25(2)37(41)43-33-21-13-29(14-22-33)10-7-27-5-8-28(9-6-27)11-17-31-19-20-32(36(40)35(31)39)18-12-30-15-23-34(24-16-30)44-38(42)26(3)4/h5-24H,1,3H2,2,4H3/b10-7+,17-11+,18-12+. The molecule has 6 heteroatoms. The third kappa shape index (κ3) is 8.69. The van der Waals surface area contributed by atoms with Gasteiger partial charge in [0.1, 0.15) is 11.5 Å². The first-order chi connectivity index (χ1) is 21.1. The van der Waals surface area contributed by atoms with Gasteiger partial charge in [-0.1, -0.05) is 110 Å². The van der Waals surface area contributed by atoms with Crippen LogP contribution in [0.5, 0.6) is 11.5 Å². The van der Waals surface area contributed by atoms with Crippen LogP contribution >= 0.6 is 0 Å². The van der Waals surface area contributed by atoms with Gasteiger partial charge in [-0.15, -0.1) is 0 Å². The second kappa shape index (κ2) is 14.5. The number of hydrogen-bond donors (Lipinski definition) is 0. The molecule has 0 N–H and O–H groups in total. The summed E-state index contributed by atoms with van der Waals surface area (Å²) in [5, 5.41) is 0. The predicted molar refractivity (Wildman–Crippen MR) is 173 cm³/mol. The van der Waals surface area contributed by atoms with E-state index in [1.807, 2.05) is 48.6 Å². The van der Waals surface area contributed by atoms with Crippen molar-refractivity contribution in [1.82, 2.24) is 0 Å². The molecule has 0 saturated carbocycles. The van der Waals surface area contributed by atoms with Crippen LogP contribution in [0, 0.1) is 11.6 Å². The molecular weight excluding hydrogens is 558 g/mol. The molecule has 4 aromatic rings. The summed E-state index contributed by atoms with van der Waals surface area (Å²) in [5.74, 6) is -2.06. The van der Waals surface area contributed by atoms with Crippen molar-refractivity contribution in [3.63, 3.8) is 0 Å². The third-order valence-corrected chi connectivity index (χ3v) is 6.34. The van der Waals surface area contributed by atoms with Gasteiger partial charge in [0.25, 0.3) is 0 Å². The lowest BCUT2D eigenvalue weighted by molar-refractivity contribution is -0.130. The van der Waals surface area contributed by atoms with Gasteiger partial charge >= 0.3 is 11.9 Å². The summed E-state index contributed by atoms with van der Waals surface area (Å²) in [4.78, 5) is 23.3.